The highest BCUT2D eigenvalue weighted by Gasteiger charge is 2.04. The molecule has 2 rings (SSSR count). The van der Waals surface area contributed by atoms with Gasteiger partial charge in [0.05, 0.1) is 11.7 Å². The van der Waals surface area contributed by atoms with Crippen LogP contribution in [0.1, 0.15) is 25.8 Å². The summed E-state index contributed by atoms with van der Waals surface area (Å²) in [5, 5.41) is 8.55. The number of azo groups is 1. The molecule has 0 saturated carbocycles. The summed E-state index contributed by atoms with van der Waals surface area (Å²) in [5.41, 5.74) is 3.68. The van der Waals surface area contributed by atoms with Gasteiger partial charge in [0.1, 0.15) is 0 Å². The second-order valence-electron chi connectivity index (χ2n) is 4.49. The van der Waals surface area contributed by atoms with Crippen LogP contribution in [0.2, 0.25) is 0 Å². The van der Waals surface area contributed by atoms with Crippen LogP contribution in [0.3, 0.4) is 0 Å². The maximum Gasteiger partial charge on any atom is 0.0870 e. The molecule has 1 heterocycles. The molecule has 0 saturated heterocycles. The predicted octanol–water partition coefficient (Wildman–Crippen LogP) is 4.30. The smallest absolute Gasteiger partial charge is 0.0870 e. The highest BCUT2D eigenvalue weighted by atomic mass is 15.1. The minimum Gasteiger partial charge on any atom is -0.182 e. The van der Waals surface area contributed by atoms with Gasteiger partial charge in [-0.1, -0.05) is 42.0 Å². The van der Waals surface area contributed by atoms with Crippen molar-refractivity contribution in [3.05, 3.63) is 59.3 Å². The number of aryl methyl sites for hydroxylation is 1. The van der Waals surface area contributed by atoms with Crippen LogP contribution in [-0.2, 0) is 6.42 Å². The Hall–Kier alpha value is -1.70. The Kier molecular flexibility index (Phi) is 3.86. The average molecular weight is 226 g/mol. The summed E-state index contributed by atoms with van der Waals surface area (Å²) in [5.74, 6) is 0. The topological polar surface area (TPSA) is 24.7 Å². The van der Waals surface area contributed by atoms with Gasteiger partial charge >= 0.3 is 0 Å². The van der Waals surface area contributed by atoms with Gasteiger partial charge in [-0.05, 0) is 38.3 Å². The molecule has 0 aromatic heterocycles. The molecular formula is C15H18N2. The summed E-state index contributed by atoms with van der Waals surface area (Å²) in [7, 11) is 0. The largest absolute Gasteiger partial charge is 0.182 e. The maximum atomic E-state index is 4.30. The molecule has 2 nitrogen and oxygen atoms in total. The van der Waals surface area contributed by atoms with Crippen LogP contribution in [0, 0.1) is 0 Å². The third kappa shape index (κ3) is 3.66. The fourth-order valence-electron chi connectivity index (χ4n) is 1.96. The van der Waals surface area contributed by atoms with Gasteiger partial charge in [0.2, 0.25) is 0 Å². The van der Waals surface area contributed by atoms with Crippen LogP contribution in [0.15, 0.2) is 64.0 Å². The van der Waals surface area contributed by atoms with Gasteiger partial charge in [0.15, 0.2) is 0 Å². The SMILES string of the molecule is CC1=CC(C)N=NC(CCc2ccccc2)=C1. The molecule has 0 fully saturated rings. The molecule has 0 radical (unpaired) electrons. The average Bonchev–Trinajstić information content (AvgIpc) is 2.49. The maximum absolute atomic E-state index is 4.30. The zero-order valence-corrected chi connectivity index (χ0v) is 10.4. The zero-order valence-electron chi connectivity index (χ0n) is 10.4. The minimum atomic E-state index is 0.195. The zero-order chi connectivity index (χ0) is 12.1. The van der Waals surface area contributed by atoms with Gasteiger partial charge in [0.25, 0.3) is 0 Å². The predicted molar refractivity (Wildman–Crippen MR) is 70.9 cm³/mol. The van der Waals surface area contributed by atoms with Gasteiger partial charge < -0.3 is 0 Å². The fraction of sp³-hybridized carbons (Fsp3) is 0.333. The van der Waals surface area contributed by atoms with Gasteiger partial charge in [-0.15, -0.1) is 0 Å². The van der Waals surface area contributed by atoms with E-state index in [0.29, 0.717) is 0 Å². The van der Waals surface area contributed by atoms with E-state index in [9.17, 15) is 0 Å². The van der Waals surface area contributed by atoms with E-state index in [1.807, 2.05) is 6.07 Å². The van der Waals surface area contributed by atoms with Crippen molar-refractivity contribution in [3.63, 3.8) is 0 Å². The lowest BCUT2D eigenvalue weighted by Gasteiger charge is -2.01. The Morgan fingerprint density at radius 2 is 1.88 bits per heavy atom. The number of rotatable bonds is 3. The van der Waals surface area contributed by atoms with E-state index in [0.717, 1.165) is 18.5 Å². The second-order valence-corrected chi connectivity index (χ2v) is 4.49. The highest BCUT2D eigenvalue weighted by Crippen LogP contribution is 2.17. The van der Waals surface area contributed by atoms with Crippen molar-refractivity contribution in [1.29, 1.82) is 0 Å². The Bertz CT molecular complexity index is 455. The van der Waals surface area contributed by atoms with E-state index in [1.54, 1.807) is 0 Å². The minimum absolute atomic E-state index is 0.195. The molecule has 0 spiro atoms. The van der Waals surface area contributed by atoms with Crippen LogP contribution in [0.4, 0.5) is 0 Å². The molecule has 0 aliphatic carbocycles. The molecule has 1 unspecified atom stereocenters. The molecule has 88 valence electrons. The second kappa shape index (κ2) is 5.58. The molecular weight excluding hydrogens is 208 g/mol. The quantitative estimate of drug-likeness (QED) is 0.734. The van der Waals surface area contributed by atoms with E-state index in [2.05, 4.69) is 60.5 Å². The molecule has 0 bridgehead atoms. The van der Waals surface area contributed by atoms with E-state index in [1.165, 1.54) is 11.1 Å². The lowest BCUT2D eigenvalue weighted by molar-refractivity contribution is 0.811. The number of allylic oxidation sites excluding steroid dienone is 3. The Morgan fingerprint density at radius 1 is 1.12 bits per heavy atom. The van der Waals surface area contributed by atoms with Crippen LogP contribution >= 0.6 is 0 Å². The van der Waals surface area contributed by atoms with E-state index >= 15 is 0 Å². The molecule has 1 aliphatic heterocycles. The lowest BCUT2D eigenvalue weighted by atomic mass is 10.1. The Labute approximate surface area is 103 Å². The van der Waals surface area contributed by atoms with E-state index < -0.39 is 0 Å². The molecule has 17 heavy (non-hydrogen) atoms. The molecule has 0 N–H and O–H groups in total. The first kappa shape index (κ1) is 11.8. The Morgan fingerprint density at radius 3 is 2.65 bits per heavy atom. The van der Waals surface area contributed by atoms with E-state index in [-0.39, 0.29) is 6.04 Å². The molecule has 2 heteroatoms. The molecule has 1 atom stereocenters. The fourth-order valence-corrected chi connectivity index (χ4v) is 1.96. The highest BCUT2D eigenvalue weighted by molar-refractivity contribution is 5.25. The third-order valence-corrected chi connectivity index (χ3v) is 2.78. The Balaban J connectivity index is 2.00. The van der Waals surface area contributed by atoms with Gasteiger partial charge in [-0.2, -0.15) is 10.2 Å². The van der Waals surface area contributed by atoms with Crippen LogP contribution in [-0.4, -0.2) is 6.04 Å². The first-order valence-electron chi connectivity index (χ1n) is 6.08. The molecule has 0 amide bonds. The normalized spacial score (nSPS) is 19.5. The number of hydrogen-bond donors (Lipinski definition) is 0. The van der Waals surface area contributed by atoms with Gasteiger partial charge in [0, 0.05) is 0 Å². The van der Waals surface area contributed by atoms with Crippen molar-refractivity contribution in [2.24, 2.45) is 10.2 Å². The lowest BCUT2D eigenvalue weighted by Crippen LogP contribution is -1.89. The summed E-state index contributed by atoms with van der Waals surface area (Å²) >= 11 is 0. The summed E-state index contributed by atoms with van der Waals surface area (Å²) in [4.78, 5) is 0. The van der Waals surface area contributed by atoms with Crippen molar-refractivity contribution in [2.45, 2.75) is 32.7 Å². The monoisotopic (exact) mass is 226 g/mol. The number of hydrogen-bond acceptors (Lipinski definition) is 2. The number of nitrogens with zero attached hydrogens (tertiary/aromatic N) is 2. The van der Waals surface area contributed by atoms with Crippen LogP contribution in [0.25, 0.3) is 0 Å². The van der Waals surface area contributed by atoms with Crippen molar-refractivity contribution in [1.82, 2.24) is 0 Å². The summed E-state index contributed by atoms with van der Waals surface area (Å²) in [6, 6.07) is 10.7. The number of benzene rings is 1. The van der Waals surface area contributed by atoms with Crippen LogP contribution in [0.5, 0.6) is 0 Å². The van der Waals surface area contributed by atoms with Crippen LogP contribution < -0.4 is 0 Å². The molecule has 1 aromatic carbocycles. The standard InChI is InChI=1S/C15H18N2/c1-12-10-13(2)16-17-15(11-12)9-8-14-6-4-3-5-7-14/h3-7,10-11,13H,8-9H2,1-2H3. The molecule has 1 aliphatic rings. The van der Waals surface area contributed by atoms with Crippen molar-refractivity contribution in [2.75, 3.05) is 0 Å². The first-order valence-corrected chi connectivity index (χ1v) is 6.08. The summed E-state index contributed by atoms with van der Waals surface area (Å²) in [6.45, 7) is 4.16. The van der Waals surface area contributed by atoms with Crippen molar-refractivity contribution in [3.8, 4) is 0 Å². The van der Waals surface area contributed by atoms with Gasteiger partial charge in [-0.3, -0.25) is 0 Å². The summed E-state index contributed by atoms with van der Waals surface area (Å²) in [6.07, 6.45) is 6.24. The van der Waals surface area contributed by atoms with E-state index in [4.69, 9.17) is 0 Å². The summed E-state index contributed by atoms with van der Waals surface area (Å²) < 4.78 is 0. The van der Waals surface area contributed by atoms with Gasteiger partial charge in [-0.25, -0.2) is 0 Å². The first-order chi connectivity index (χ1) is 8.24. The van der Waals surface area contributed by atoms with Crippen molar-refractivity contribution >= 4 is 0 Å². The third-order valence-electron chi connectivity index (χ3n) is 2.78. The molecule has 1 aromatic rings. The van der Waals surface area contributed by atoms with Crippen molar-refractivity contribution < 1.29 is 0 Å².